The SMILES string of the molecule is CC(=O)OC[C@H]1O[C@@H](ONC(=O)c2cnc(N3CCC(CNCc4cn(C)c5ccccc45)CC3)nc2)C[C@@H](OC(C)=O)[C@H]1OC(C)=O. The molecule has 4 atom stereocenters. The molecule has 4 heterocycles. The Labute approximate surface area is 278 Å². The number of esters is 3. The fraction of sp³-hybridized carbons (Fsp3) is 0.515. The summed E-state index contributed by atoms with van der Waals surface area (Å²) in [6.45, 7) is 6.67. The number of amides is 1. The number of rotatable bonds is 12. The van der Waals surface area contributed by atoms with Crippen LogP contribution < -0.4 is 15.7 Å². The van der Waals surface area contributed by atoms with E-state index in [0.717, 1.165) is 39.0 Å². The maximum Gasteiger partial charge on any atom is 0.303 e. The van der Waals surface area contributed by atoms with E-state index in [9.17, 15) is 19.2 Å². The van der Waals surface area contributed by atoms with Gasteiger partial charge in [0, 0.05) is 83.4 Å². The number of aromatic nitrogens is 3. The predicted octanol–water partition coefficient (Wildman–Crippen LogP) is 2.18. The van der Waals surface area contributed by atoms with Gasteiger partial charge < -0.3 is 33.7 Å². The number of carbonyl (C=O) groups is 4. The van der Waals surface area contributed by atoms with Crippen LogP contribution >= 0.6 is 0 Å². The number of para-hydroxylation sites is 1. The number of fused-ring (bicyclic) bond motifs is 1. The number of piperidine rings is 1. The van der Waals surface area contributed by atoms with E-state index in [0.29, 0.717) is 11.9 Å². The van der Waals surface area contributed by atoms with Crippen LogP contribution in [0.5, 0.6) is 0 Å². The van der Waals surface area contributed by atoms with Crippen LogP contribution in [0.15, 0.2) is 42.9 Å². The number of aryl methyl sites for hydroxylation is 1. The molecule has 2 fully saturated rings. The lowest BCUT2D eigenvalue weighted by molar-refractivity contribution is -0.276. The van der Waals surface area contributed by atoms with Crippen LogP contribution in [0.4, 0.5) is 5.95 Å². The van der Waals surface area contributed by atoms with Crippen LogP contribution in [0.1, 0.15) is 56.0 Å². The molecule has 5 rings (SSSR count). The monoisotopic (exact) mass is 666 g/mol. The fourth-order valence-electron chi connectivity index (χ4n) is 6.07. The lowest BCUT2D eigenvalue weighted by Crippen LogP contribution is -2.55. The summed E-state index contributed by atoms with van der Waals surface area (Å²) in [5, 5.41) is 4.91. The number of benzene rings is 1. The lowest BCUT2D eigenvalue weighted by atomic mass is 9.97. The highest BCUT2D eigenvalue weighted by atomic mass is 16.8. The molecule has 2 aliphatic heterocycles. The van der Waals surface area contributed by atoms with Crippen molar-refractivity contribution in [3.05, 3.63) is 54.0 Å². The van der Waals surface area contributed by atoms with Crippen molar-refractivity contribution in [1.29, 1.82) is 0 Å². The molecule has 0 saturated carbocycles. The number of hydroxylamine groups is 1. The minimum Gasteiger partial charge on any atom is -0.463 e. The molecule has 2 saturated heterocycles. The van der Waals surface area contributed by atoms with E-state index >= 15 is 0 Å². The van der Waals surface area contributed by atoms with E-state index in [2.05, 4.69) is 67.7 Å². The summed E-state index contributed by atoms with van der Waals surface area (Å²) in [6.07, 6.45) is 2.77. The first-order valence-corrected chi connectivity index (χ1v) is 16.0. The van der Waals surface area contributed by atoms with Gasteiger partial charge in [-0.05, 0) is 36.9 Å². The van der Waals surface area contributed by atoms with E-state index in [4.69, 9.17) is 23.8 Å². The molecule has 258 valence electrons. The minimum absolute atomic E-state index is 0.0710. The summed E-state index contributed by atoms with van der Waals surface area (Å²) in [5.74, 6) is -1.39. The first-order chi connectivity index (χ1) is 23.1. The lowest BCUT2D eigenvalue weighted by Gasteiger charge is -2.39. The second kappa shape index (κ2) is 16.0. The van der Waals surface area contributed by atoms with Gasteiger partial charge in [0.05, 0.1) is 5.56 Å². The Bertz CT molecular complexity index is 1590. The van der Waals surface area contributed by atoms with Crippen molar-refractivity contribution in [3.8, 4) is 0 Å². The summed E-state index contributed by atoms with van der Waals surface area (Å²) in [5.41, 5.74) is 4.99. The van der Waals surface area contributed by atoms with Crippen LogP contribution in [0.3, 0.4) is 0 Å². The number of nitrogens with one attached hydrogen (secondary N) is 2. The number of nitrogens with zero attached hydrogens (tertiary/aromatic N) is 4. The minimum atomic E-state index is -1.12. The molecule has 0 aliphatic carbocycles. The van der Waals surface area contributed by atoms with Gasteiger partial charge >= 0.3 is 17.9 Å². The van der Waals surface area contributed by atoms with Crippen molar-refractivity contribution in [3.63, 3.8) is 0 Å². The second-order valence-electron chi connectivity index (χ2n) is 12.0. The van der Waals surface area contributed by atoms with Crippen molar-refractivity contribution in [2.45, 2.75) is 71.2 Å². The Kier molecular flexibility index (Phi) is 11.6. The topological polar surface area (TPSA) is 172 Å². The molecule has 3 aromatic rings. The average Bonchev–Trinajstić information content (AvgIpc) is 3.38. The fourth-order valence-corrected chi connectivity index (χ4v) is 6.07. The first kappa shape index (κ1) is 34.7. The van der Waals surface area contributed by atoms with E-state index in [1.807, 2.05) is 0 Å². The highest BCUT2D eigenvalue weighted by molar-refractivity contribution is 5.92. The third-order valence-corrected chi connectivity index (χ3v) is 8.36. The Balaban J connectivity index is 1.09. The van der Waals surface area contributed by atoms with Crippen molar-refractivity contribution in [2.75, 3.05) is 31.1 Å². The average molecular weight is 667 g/mol. The van der Waals surface area contributed by atoms with E-state index in [-0.39, 0.29) is 18.6 Å². The molecule has 1 aromatic carbocycles. The predicted molar refractivity (Wildman–Crippen MR) is 171 cm³/mol. The third kappa shape index (κ3) is 9.05. The Hall–Kier alpha value is -4.60. The molecule has 1 amide bonds. The zero-order chi connectivity index (χ0) is 34.2. The summed E-state index contributed by atoms with van der Waals surface area (Å²) in [6, 6.07) is 8.42. The first-order valence-electron chi connectivity index (χ1n) is 16.0. The Morgan fingerprint density at radius 1 is 0.979 bits per heavy atom. The third-order valence-electron chi connectivity index (χ3n) is 8.36. The highest BCUT2D eigenvalue weighted by Crippen LogP contribution is 2.27. The molecule has 0 radical (unpaired) electrons. The number of anilines is 1. The normalized spacial score (nSPS) is 21.5. The van der Waals surface area contributed by atoms with Gasteiger partial charge in [-0.2, -0.15) is 0 Å². The Morgan fingerprint density at radius 2 is 1.69 bits per heavy atom. The molecule has 15 heteroatoms. The molecule has 2 N–H and O–H groups in total. The zero-order valence-electron chi connectivity index (χ0n) is 27.5. The Morgan fingerprint density at radius 3 is 2.38 bits per heavy atom. The molecule has 0 spiro atoms. The molecule has 15 nitrogen and oxygen atoms in total. The molecular weight excluding hydrogens is 624 g/mol. The van der Waals surface area contributed by atoms with E-state index < -0.39 is 48.4 Å². The smallest absolute Gasteiger partial charge is 0.303 e. The standard InChI is InChI=1S/C33H42N6O9/c1-20(40)44-19-29-31(46-22(3)42)28(45-21(2)41)13-30(47-29)48-37-32(43)24-16-35-33(36-17-24)39-11-9-23(10-12-39)14-34-15-25-18-38(4)27-8-6-5-7-26(25)27/h5-8,16-18,23,28-31,34H,9-15,19H2,1-4H3,(H,37,43)/t28-,29-,30+,31-/m1/s1. The molecule has 2 aliphatic rings. The van der Waals surface area contributed by atoms with Gasteiger partial charge in [-0.1, -0.05) is 18.2 Å². The number of hydrogen-bond donors (Lipinski definition) is 2. The summed E-state index contributed by atoms with van der Waals surface area (Å²) >= 11 is 0. The largest absolute Gasteiger partial charge is 0.463 e. The molecule has 48 heavy (non-hydrogen) atoms. The van der Waals surface area contributed by atoms with Gasteiger partial charge in [-0.3, -0.25) is 19.2 Å². The zero-order valence-corrected chi connectivity index (χ0v) is 27.5. The molecule has 2 aromatic heterocycles. The van der Waals surface area contributed by atoms with Gasteiger partial charge in [0.15, 0.2) is 12.4 Å². The molecule has 0 bridgehead atoms. The van der Waals surface area contributed by atoms with Crippen molar-refractivity contribution >= 4 is 40.7 Å². The maximum absolute atomic E-state index is 12.8. The van der Waals surface area contributed by atoms with Gasteiger partial charge in [0.2, 0.25) is 5.95 Å². The number of ether oxygens (including phenoxy) is 4. The van der Waals surface area contributed by atoms with Gasteiger partial charge in [0.1, 0.15) is 18.8 Å². The van der Waals surface area contributed by atoms with Crippen LogP contribution in [0.2, 0.25) is 0 Å². The van der Waals surface area contributed by atoms with Crippen molar-refractivity contribution in [2.24, 2.45) is 13.0 Å². The summed E-state index contributed by atoms with van der Waals surface area (Å²) < 4.78 is 23.6. The number of carbonyl (C=O) groups excluding carboxylic acids is 4. The van der Waals surface area contributed by atoms with Gasteiger partial charge in [-0.15, -0.1) is 0 Å². The van der Waals surface area contributed by atoms with Crippen LogP contribution in [-0.4, -0.2) is 89.2 Å². The number of hydrogen-bond acceptors (Lipinski definition) is 13. The van der Waals surface area contributed by atoms with Gasteiger partial charge in [0.25, 0.3) is 5.91 Å². The van der Waals surface area contributed by atoms with Crippen molar-refractivity contribution < 1.29 is 43.0 Å². The second-order valence-corrected chi connectivity index (χ2v) is 12.0. The van der Waals surface area contributed by atoms with Crippen LogP contribution in [0, 0.1) is 5.92 Å². The van der Waals surface area contributed by atoms with Gasteiger partial charge in [-0.25, -0.2) is 20.3 Å². The van der Waals surface area contributed by atoms with E-state index in [1.165, 1.54) is 49.6 Å². The quantitative estimate of drug-likeness (QED) is 0.164. The van der Waals surface area contributed by atoms with Crippen LogP contribution in [-0.2, 0) is 51.8 Å². The van der Waals surface area contributed by atoms with Crippen LogP contribution in [0.25, 0.3) is 10.9 Å². The van der Waals surface area contributed by atoms with Crippen molar-refractivity contribution in [1.82, 2.24) is 25.3 Å². The van der Waals surface area contributed by atoms with E-state index in [1.54, 1.807) is 0 Å². The molecular formula is C33H42N6O9. The maximum atomic E-state index is 12.8. The highest BCUT2D eigenvalue weighted by Gasteiger charge is 2.44. The summed E-state index contributed by atoms with van der Waals surface area (Å²) in [7, 11) is 2.07. The summed E-state index contributed by atoms with van der Waals surface area (Å²) in [4.78, 5) is 64.1. The molecule has 0 unspecified atom stereocenters.